The van der Waals surface area contributed by atoms with E-state index in [4.69, 9.17) is 4.74 Å². The molecule has 1 amide bonds. The van der Waals surface area contributed by atoms with Crippen molar-refractivity contribution in [1.82, 2.24) is 20.4 Å². The topological polar surface area (TPSA) is 79.7 Å². The van der Waals surface area contributed by atoms with Crippen LogP contribution in [-0.4, -0.2) is 52.3 Å². The van der Waals surface area contributed by atoms with Gasteiger partial charge in [0.1, 0.15) is 11.4 Å². The lowest BCUT2D eigenvalue weighted by molar-refractivity contribution is 0.0276. The Morgan fingerprint density at radius 2 is 2.29 bits per heavy atom. The minimum atomic E-state index is -0.487. The lowest BCUT2D eigenvalue weighted by Gasteiger charge is -2.29. The monoisotopic (exact) mass is 291 g/mol. The Bertz CT molecular complexity index is 510. The van der Waals surface area contributed by atoms with Crippen LogP contribution < -0.4 is 5.32 Å². The average molecular weight is 291 g/mol. The molecule has 0 spiro atoms. The molecule has 0 unspecified atom stereocenters. The molecular weight excluding hydrogens is 270 g/mol. The van der Waals surface area contributed by atoms with Gasteiger partial charge in [0.15, 0.2) is 0 Å². The molecule has 0 saturated heterocycles. The Morgan fingerprint density at radius 1 is 1.48 bits per heavy atom. The van der Waals surface area contributed by atoms with Gasteiger partial charge in [-0.25, -0.2) is 4.79 Å². The van der Waals surface area contributed by atoms with E-state index in [0.29, 0.717) is 26.2 Å². The van der Waals surface area contributed by atoms with Gasteiger partial charge >= 0.3 is 6.09 Å². The Balaban J connectivity index is 1.86. The molecule has 1 aromatic rings. The second kappa shape index (κ2) is 6.51. The van der Waals surface area contributed by atoms with Crippen LogP contribution in [0.15, 0.2) is 23.3 Å². The van der Waals surface area contributed by atoms with Crippen LogP contribution >= 0.6 is 0 Å². The zero-order valence-electron chi connectivity index (χ0n) is 12.7. The highest BCUT2D eigenvalue weighted by Gasteiger charge is 2.24. The van der Waals surface area contributed by atoms with Gasteiger partial charge in [-0.2, -0.15) is 10.2 Å². The molecule has 0 bridgehead atoms. The van der Waals surface area contributed by atoms with Gasteiger partial charge in [0, 0.05) is 12.7 Å². The molecule has 0 radical (unpaired) electrons. The summed E-state index contributed by atoms with van der Waals surface area (Å²) in [5.41, 5.74) is 0.341. The fourth-order valence-corrected chi connectivity index (χ4v) is 1.83. The van der Waals surface area contributed by atoms with Crippen molar-refractivity contribution in [2.75, 3.05) is 19.6 Å². The summed E-state index contributed by atoms with van der Waals surface area (Å²) in [6.45, 7) is 7.68. The van der Waals surface area contributed by atoms with Gasteiger partial charge in [-0.3, -0.25) is 9.89 Å². The van der Waals surface area contributed by atoms with E-state index in [-0.39, 0.29) is 6.09 Å². The van der Waals surface area contributed by atoms with Gasteiger partial charge in [0.25, 0.3) is 0 Å². The average Bonchev–Trinajstić information content (AvgIpc) is 2.45. The largest absolute Gasteiger partial charge is 0.444 e. The Hall–Kier alpha value is -2.18. The van der Waals surface area contributed by atoms with E-state index in [1.165, 1.54) is 0 Å². The number of aliphatic imine (C=N–C) groups is 1. The second-order valence-corrected chi connectivity index (χ2v) is 5.80. The third kappa shape index (κ3) is 5.02. The third-order valence-corrected chi connectivity index (χ3v) is 2.77. The van der Waals surface area contributed by atoms with Crippen LogP contribution in [0.25, 0.3) is 0 Å². The molecule has 114 valence electrons. The van der Waals surface area contributed by atoms with Crippen LogP contribution in [0.1, 0.15) is 26.5 Å². The normalized spacial score (nSPS) is 15.4. The number of aromatic nitrogens is 2. The van der Waals surface area contributed by atoms with Gasteiger partial charge in [-0.15, -0.1) is 0 Å². The summed E-state index contributed by atoms with van der Waals surface area (Å²) in [6.07, 6.45) is 1.32. The fraction of sp³-hybridized carbons (Fsp3) is 0.571. The number of hydrogen-bond acceptors (Lipinski definition) is 6. The molecule has 0 aliphatic carbocycles. The van der Waals surface area contributed by atoms with E-state index in [1.54, 1.807) is 11.1 Å². The van der Waals surface area contributed by atoms with Crippen molar-refractivity contribution in [3.05, 3.63) is 24.0 Å². The van der Waals surface area contributed by atoms with Crippen molar-refractivity contribution in [3.63, 3.8) is 0 Å². The predicted octanol–water partition coefficient (Wildman–Crippen LogP) is 1.22. The van der Waals surface area contributed by atoms with E-state index in [9.17, 15) is 4.79 Å². The van der Waals surface area contributed by atoms with Crippen LogP contribution in [0.3, 0.4) is 0 Å². The molecular formula is C14H21N5O2. The molecule has 2 heterocycles. The first-order chi connectivity index (χ1) is 9.94. The predicted molar refractivity (Wildman–Crippen MR) is 79.0 cm³/mol. The van der Waals surface area contributed by atoms with Crippen LogP contribution in [0, 0.1) is 0 Å². The third-order valence-electron chi connectivity index (χ3n) is 2.77. The summed E-state index contributed by atoms with van der Waals surface area (Å²) in [7, 11) is 0. The minimum Gasteiger partial charge on any atom is -0.444 e. The number of nitrogens with zero attached hydrogens (tertiary/aromatic N) is 4. The standard InChI is InChI=1S/C14H21N5O2/c1-14(2,3)21-13(20)19-8-7-15-12(10-19)16-9-11-5-4-6-17-18-11/h4-6H,7-10H2,1-3H3,(H,15,16). The number of rotatable bonds is 2. The van der Waals surface area contributed by atoms with Gasteiger partial charge in [-0.1, -0.05) is 0 Å². The molecule has 0 fully saturated rings. The van der Waals surface area contributed by atoms with Gasteiger partial charge in [0.05, 0.1) is 25.3 Å². The van der Waals surface area contributed by atoms with Gasteiger partial charge in [0.2, 0.25) is 0 Å². The molecule has 0 saturated carbocycles. The number of nitrogens with one attached hydrogen (secondary N) is 1. The van der Waals surface area contributed by atoms with Crippen LogP contribution in [0.4, 0.5) is 4.79 Å². The number of carbonyl (C=O) groups is 1. The van der Waals surface area contributed by atoms with E-state index < -0.39 is 5.60 Å². The molecule has 0 aromatic carbocycles. The number of carbonyl (C=O) groups excluding carboxylic acids is 1. The SMILES string of the molecule is CC(C)(C)OC(=O)N1CCN=C(NCc2cccnn2)C1. The maximum atomic E-state index is 12.0. The molecule has 0 atom stereocenters. The quantitative estimate of drug-likeness (QED) is 0.886. The minimum absolute atomic E-state index is 0.309. The van der Waals surface area contributed by atoms with E-state index in [2.05, 4.69) is 20.5 Å². The zero-order chi connectivity index (χ0) is 15.3. The molecule has 7 nitrogen and oxygen atoms in total. The summed E-state index contributed by atoms with van der Waals surface area (Å²) in [5, 5.41) is 11.0. The summed E-state index contributed by atoms with van der Waals surface area (Å²) < 4.78 is 5.37. The van der Waals surface area contributed by atoms with Crippen molar-refractivity contribution in [1.29, 1.82) is 0 Å². The zero-order valence-corrected chi connectivity index (χ0v) is 12.7. The van der Waals surface area contributed by atoms with Crippen molar-refractivity contribution >= 4 is 11.9 Å². The van der Waals surface area contributed by atoms with Crippen LogP contribution in [0.5, 0.6) is 0 Å². The maximum Gasteiger partial charge on any atom is 0.410 e. The van der Waals surface area contributed by atoms with E-state index in [1.807, 2.05) is 32.9 Å². The second-order valence-electron chi connectivity index (χ2n) is 5.80. The number of ether oxygens (including phenoxy) is 1. The van der Waals surface area contributed by atoms with Crippen molar-refractivity contribution < 1.29 is 9.53 Å². The summed E-state index contributed by atoms with van der Waals surface area (Å²) in [6, 6.07) is 3.72. The highest BCUT2D eigenvalue weighted by Crippen LogP contribution is 2.11. The lowest BCUT2D eigenvalue weighted by Crippen LogP contribution is -2.47. The van der Waals surface area contributed by atoms with E-state index >= 15 is 0 Å². The maximum absolute atomic E-state index is 12.0. The summed E-state index contributed by atoms with van der Waals surface area (Å²) in [5.74, 6) is 0.762. The molecule has 2 rings (SSSR count). The first kappa shape index (κ1) is 15.2. The summed E-state index contributed by atoms with van der Waals surface area (Å²) >= 11 is 0. The molecule has 21 heavy (non-hydrogen) atoms. The highest BCUT2D eigenvalue weighted by molar-refractivity contribution is 5.87. The number of amides is 1. The smallest absolute Gasteiger partial charge is 0.410 e. The highest BCUT2D eigenvalue weighted by atomic mass is 16.6. The molecule has 1 aliphatic heterocycles. The first-order valence-electron chi connectivity index (χ1n) is 6.96. The summed E-state index contributed by atoms with van der Waals surface area (Å²) in [4.78, 5) is 18.1. The molecule has 1 N–H and O–H groups in total. The van der Waals surface area contributed by atoms with Gasteiger partial charge < -0.3 is 10.1 Å². The van der Waals surface area contributed by atoms with Crippen LogP contribution in [0.2, 0.25) is 0 Å². The molecule has 1 aliphatic rings. The van der Waals surface area contributed by atoms with Crippen LogP contribution in [-0.2, 0) is 11.3 Å². The Kier molecular flexibility index (Phi) is 4.72. The Morgan fingerprint density at radius 3 is 2.95 bits per heavy atom. The first-order valence-corrected chi connectivity index (χ1v) is 6.96. The fourth-order valence-electron chi connectivity index (χ4n) is 1.83. The van der Waals surface area contributed by atoms with Crippen molar-refractivity contribution in [2.24, 2.45) is 4.99 Å². The molecule has 1 aromatic heterocycles. The number of hydrogen-bond donors (Lipinski definition) is 1. The molecule has 7 heteroatoms. The van der Waals surface area contributed by atoms with E-state index in [0.717, 1.165) is 11.5 Å². The van der Waals surface area contributed by atoms with Crippen molar-refractivity contribution in [2.45, 2.75) is 32.9 Å². The van der Waals surface area contributed by atoms with Gasteiger partial charge in [-0.05, 0) is 32.9 Å². The number of amidine groups is 1. The van der Waals surface area contributed by atoms with Crippen molar-refractivity contribution in [3.8, 4) is 0 Å². The Labute approximate surface area is 124 Å². The lowest BCUT2D eigenvalue weighted by atomic mass is 10.2.